The molecule has 0 radical (unpaired) electrons. The van der Waals surface area contributed by atoms with Crippen molar-refractivity contribution in [2.24, 2.45) is 0 Å². The highest BCUT2D eigenvalue weighted by Gasteiger charge is 1.97. The SMILES string of the molecule is C=COCC(C)OCC. The van der Waals surface area contributed by atoms with Gasteiger partial charge in [-0.3, -0.25) is 0 Å². The van der Waals surface area contributed by atoms with Crippen molar-refractivity contribution in [3.8, 4) is 0 Å². The number of hydrogen-bond donors (Lipinski definition) is 0. The van der Waals surface area contributed by atoms with Gasteiger partial charge in [-0.1, -0.05) is 6.58 Å². The predicted molar refractivity (Wildman–Crippen MR) is 37.2 cm³/mol. The fourth-order valence-electron chi connectivity index (χ4n) is 0.536. The summed E-state index contributed by atoms with van der Waals surface area (Å²) in [5, 5.41) is 0. The molecule has 0 aliphatic heterocycles. The van der Waals surface area contributed by atoms with Crippen LogP contribution in [0.5, 0.6) is 0 Å². The van der Waals surface area contributed by atoms with Crippen LogP contribution in [0, 0.1) is 0 Å². The number of hydrogen-bond acceptors (Lipinski definition) is 2. The van der Waals surface area contributed by atoms with Gasteiger partial charge in [-0.05, 0) is 13.8 Å². The molecular weight excluding hydrogens is 116 g/mol. The minimum atomic E-state index is 0.174. The zero-order valence-electron chi connectivity index (χ0n) is 6.09. The molecule has 54 valence electrons. The second-order valence-electron chi connectivity index (χ2n) is 1.77. The molecule has 0 aromatic carbocycles. The van der Waals surface area contributed by atoms with Crippen LogP contribution in [0.1, 0.15) is 13.8 Å². The molecule has 0 saturated heterocycles. The molecule has 0 heterocycles. The summed E-state index contributed by atoms with van der Waals surface area (Å²) in [6.07, 6.45) is 1.60. The smallest absolute Gasteiger partial charge is 0.113 e. The van der Waals surface area contributed by atoms with Gasteiger partial charge in [0.25, 0.3) is 0 Å². The van der Waals surface area contributed by atoms with E-state index in [4.69, 9.17) is 9.47 Å². The standard InChI is InChI=1S/C7H14O2/c1-4-8-6-7(3)9-5-2/h4,7H,1,5-6H2,2-3H3. The second kappa shape index (κ2) is 5.63. The van der Waals surface area contributed by atoms with Crippen molar-refractivity contribution in [3.05, 3.63) is 12.8 Å². The van der Waals surface area contributed by atoms with E-state index in [9.17, 15) is 0 Å². The zero-order chi connectivity index (χ0) is 7.11. The molecule has 0 aromatic rings. The van der Waals surface area contributed by atoms with E-state index in [0.717, 1.165) is 6.61 Å². The first-order chi connectivity index (χ1) is 4.31. The second-order valence-corrected chi connectivity index (χ2v) is 1.77. The Hall–Kier alpha value is -0.500. The average Bonchev–Trinajstić information content (AvgIpc) is 1.85. The van der Waals surface area contributed by atoms with Crippen molar-refractivity contribution in [3.63, 3.8) is 0 Å². The van der Waals surface area contributed by atoms with Crippen molar-refractivity contribution < 1.29 is 9.47 Å². The first-order valence-electron chi connectivity index (χ1n) is 3.15. The first kappa shape index (κ1) is 8.50. The molecule has 0 aliphatic carbocycles. The minimum absolute atomic E-state index is 0.174. The summed E-state index contributed by atoms with van der Waals surface area (Å²) in [6, 6.07) is 0. The lowest BCUT2D eigenvalue weighted by Gasteiger charge is -2.09. The van der Waals surface area contributed by atoms with Gasteiger partial charge in [0.1, 0.15) is 6.61 Å². The van der Waals surface area contributed by atoms with Crippen molar-refractivity contribution in [1.29, 1.82) is 0 Å². The Kier molecular flexibility index (Phi) is 5.32. The molecule has 0 rings (SSSR count). The molecule has 0 aromatic heterocycles. The van der Waals surface area contributed by atoms with Crippen molar-refractivity contribution in [2.75, 3.05) is 13.2 Å². The van der Waals surface area contributed by atoms with Crippen LogP contribution in [0.25, 0.3) is 0 Å². The first-order valence-corrected chi connectivity index (χ1v) is 3.15. The Morgan fingerprint density at radius 2 is 2.33 bits per heavy atom. The largest absolute Gasteiger partial charge is 0.499 e. The monoisotopic (exact) mass is 130 g/mol. The predicted octanol–water partition coefficient (Wildman–Crippen LogP) is 1.57. The lowest BCUT2D eigenvalue weighted by molar-refractivity contribution is 0.0271. The lowest BCUT2D eigenvalue weighted by Crippen LogP contribution is -2.13. The van der Waals surface area contributed by atoms with E-state index in [1.54, 1.807) is 0 Å². The topological polar surface area (TPSA) is 18.5 Å². The quantitative estimate of drug-likeness (QED) is 0.526. The molecule has 2 nitrogen and oxygen atoms in total. The maximum absolute atomic E-state index is 5.17. The van der Waals surface area contributed by atoms with E-state index in [-0.39, 0.29) is 6.10 Å². The normalized spacial score (nSPS) is 12.7. The number of rotatable bonds is 5. The fraction of sp³-hybridized carbons (Fsp3) is 0.714. The average molecular weight is 130 g/mol. The summed E-state index contributed by atoms with van der Waals surface area (Å²) in [5.74, 6) is 0. The molecule has 2 heteroatoms. The van der Waals surface area contributed by atoms with E-state index in [2.05, 4.69) is 6.58 Å². The van der Waals surface area contributed by atoms with Crippen LogP contribution in [-0.2, 0) is 9.47 Å². The molecule has 1 atom stereocenters. The highest BCUT2D eigenvalue weighted by atomic mass is 16.5. The summed E-state index contributed by atoms with van der Waals surface area (Å²) < 4.78 is 10.1. The van der Waals surface area contributed by atoms with Gasteiger partial charge < -0.3 is 9.47 Å². The summed E-state index contributed by atoms with van der Waals surface area (Å²) in [5.41, 5.74) is 0. The third kappa shape index (κ3) is 5.37. The minimum Gasteiger partial charge on any atom is -0.499 e. The molecule has 1 unspecified atom stereocenters. The zero-order valence-corrected chi connectivity index (χ0v) is 6.09. The highest BCUT2D eigenvalue weighted by molar-refractivity contribution is 4.52. The Morgan fingerprint density at radius 1 is 1.67 bits per heavy atom. The van der Waals surface area contributed by atoms with Crippen LogP contribution in [0.2, 0.25) is 0 Å². The molecule has 0 fully saturated rings. The van der Waals surface area contributed by atoms with Crippen molar-refractivity contribution >= 4 is 0 Å². The molecule has 0 spiro atoms. The van der Waals surface area contributed by atoms with Crippen LogP contribution in [-0.4, -0.2) is 19.3 Å². The number of ether oxygens (including phenoxy) is 2. The lowest BCUT2D eigenvalue weighted by atomic mass is 10.4. The van der Waals surface area contributed by atoms with E-state index in [0.29, 0.717) is 6.61 Å². The van der Waals surface area contributed by atoms with Gasteiger partial charge >= 0.3 is 0 Å². The van der Waals surface area contributed by atoms with Gasteiger partial charge in [-0.2, -0.15) is 0 Å². The van der Waals surface area contributed by atoms with E-state index in [1.165, 1.54) is 6.26 Å². The molecule has 0 aliphatic rings. The summed E-state index contributed by atoms with van der Waals surface area (Å²) in [7, 11) is 0. The van der Waals surface area contributed by atoms with Gasteiger partial charge in [0, 0.05) is 6.61 Å². The van der Waals surface area contributed by atoms with E-state index < -0.39 is 0 Å². The van der Waals surface area contributed by atoms with Crippen LogP contribution in [0.15, 0.2) is 12.8 Å². The van der Waals surface area contributed by atoms with Crippen molar-refractivity contribution in [2.45, 2.75) is 20.0 Å². The van der Waals surface area contributed by atoms with Gasteiger partial charge in [0.2, 0.25) is 0 Å². The van der Waals surface area contributed by atoms with Crippen LogP contribution in [0.3, 0.4) is 0 Å². The summed E-state index contributed by atoms with van der Waals surface area (Å²) in [4.78, 5) is 0. The molecule has 0 amide bonds. The van der Waals surface area contributed by atoms with Gasteiger partial charge in [-0.25, -0.2) is 0 Å². The Balaban J connectivity index is 3.04. The van der Waals surface area contributed by atoms with Gasteiger partial charge in [-0.15, -0.1) is 0 Å². The summed E-state index contributed by atoms with van der Waals surface area (Å²) in [6.45, 7) is 8.68. The third-order valence-corrected chi connectivity index (χ3v) is 0.900. The van der Waals surface area contributed by atoms with Crippen LogP contribution in [0.4, 0.5) is 0 Å². The maximum atomic E-state index is 5.17. The van der Waals surface area contributed by atoms with Gasteiger partial charge in [0.15, 0.2) is 0 Å². The molecular formula is C7H14O2. The molecule has 0 bridgehead atoms. The highest BCUT2D eigenvalue weighted by Crippen LogP contribution is 1.90. The molecule has 9 heavy (non-hydrogen) atoms. The van der Waals surface area contributed by atoms with E-state index >= 15 is 0 Å². The van der Waals surface area contributed by atoms with Crippen molar-refractivity contribution in [1.82, 2.24) is 0 Å². The Morgan fingerprint density at radius 3 is 2.78 bits per heavy atom. The van der Waals surface area contributed by atoms with Gasteiger partial charge in [0.05, 0.1) is 12.4 Å². The molecule has 0 N–H and O–H groups in total. The summed E-state index contributed by atoms with van der Waals surface area (Å²) >= 11 is 0. The Labute approximate surface area is 56.5 Å². The van der Waals surface area contributed by atoms with Crippen LogP contribution >= 0.6 is 0 Å². The Bertz CT molecular complexity index is 71.3. The molecule has 0 saturated carbocycles. The van der Waals surface area contributed by atoms with E-state index in [1.807, 2.05) is 13.8 Å². The van der Waals surface area contributed by atoms with Crippen LogP contribution < -0.4 is 0 Å². The third-order valence-electron chi connectivity index (χ3n) is 0.900. The fourth-order valence-corrected chi connectivity index (χ4v) is 0.536. The maximum Gasteiger partial charge on any atom is 0.113 e.